The molecule has 0 heterocycles. The van der Waals surface area contributed by atoms with Crippen LogP contribution < -0.4 is 11.5 Å². The van der Waals surface area contributed by atoms with Crippen molar-refractivity contribution in [2.24, 2.45) is 16.5 Å². The summed E-state index contributed by atoms with van der Waals surface area (Å²) in [6.45, 7) is 0.706. The number of guanidine groups is 1. The number of aryl methyl sites for hydroxylation is 1. The van der Waals surface area contributed by atoms with Gasteiger partial charge in [0.25, 0.3) is 0 Å². The van der Waals surface area contributed by atoms with E-state index in [1.54, 1.807) is 0 Å². The molecule has 0 radical (unpaired) electrons. The molecule has 0 bridgehead atoms. The molecule has 3 nitrogen and oxygen atoms in total. The molecule has 1 aromatic carbocycles. The first kappa shape index (κ1) is 9.58. The molecule has 1 aromatic rings. The highest BCUT2D eigenvalue weighted by Gasteiger charge is 1.90. The molecular formula is C10H15N3. The minimum atomic E-state index is 0.174. The first-order valence-corrected chi connectivity index (χ1v) is 4.38. The van der Waals surface area contributed by atoms with Crippen molar-refractivity contribution in [3.05, 3.63) is 35.9 Å². The van der Waals surface area contributed by atoms with Gasteiger partial charge >= 0.3 is 0 Å². The first-order valence-electron chi connectivity index (χ1n) is 4.38. The number of nitrogens with two attached hydrogens (primary N) is 2. The van der Waals surface area contributed by atoms with E-state index < -0.39 is 0 Å². The molecule has 1 rings (SSSR count). The quantitative estimate of drug-likeness (QED) is 0.407. The molecule has 13 heavy (non-hydrogen) atoms. The third kappa shape index (κ3) is 4.15. The summed E-state index contributed by atoms with van der Waals surface area (Å²) in [6.07, 6.45) is 2.01. The Morgan fingerprint density at radius 2 is 1.85 bits per heavy atom. The van der Waals surface area contributed by atoms with Crippen molar-refractivity contribution >= 4 is 5.96 Å². The van der Waals surface area contributed by atoms with Gasteiger partial charge in [0.2, 0.25) is 0 Å². The predicted octanol–water partition coefficient (Wildman–Crippen LogP) is 0.893. The Morgan fingerprint density at radius 1 is 1.15 bits per heavy atom. The van der Waals surface area contributed by atoms with Crippen LogP contribution >= 0.6 is 0 Å². The Balaban J connectivity index is 2.25. The Hall–Kier alpha value is -1.51. The molecular weight excluding hydrogens is 162 g/mol. The predicted molar refractivity (Wildman–Crippen MR) is 55.4 cm³/mol. The number of nitrogens with zero attached hydrogens (tertiary/aromatic N) is 1. The molecule has 0 aliphatic rings. The zero-order valence-corrected chi connectivity index (χ0v) is 7.61. The van der Waals surface area contributed by atoms with Gasteiger partial charge < -0.3 is 11.5 Å². The highest BCUT2D eigenvalue weighted by molar-refractivity contribution is 5.75. The lowest BCUT2D eigenvalue weighted by Crippen LogP contribution is -2.23. The van der Waals surface area contributed by atoms with Crippen molar-refractivity contribution < 1.29 is 0 Å². The third-order valence-electron chi connectivity index (χ3n) is 1.76. The zero-order chi connectivity index (χ0) is 9.52. The maximum atomic E-state index is 5.20. The Labute approximate surface area is 78.5 Å². The number of hydrogen-bond acceptors (Lipinski definition) is 1. The zero-order valence-electron chi connectivity index (χ0n) is 7.61. The average molecular weight is 177 g/mol. The number of benzene rings is 1. The van der Waals surface area contributed by atoms with Gasteiger partial charge in [-0.1, -0.05) is 30.3 Å². The lowest BCUT2D eigenvalue weighted by Gasteiger charge is -1.98. The van der Waals surface area contributed by atoms with E-state index in [0.29, 0.717) is 6.54 Å². The SMILES string of the molecule is NC(N)=NCCCc1ccccc1. The summed E-state index contributed by atoms with van der Waals surface area (Å²) in [5.74, 6) is 0.174. The van der Waals surface area contributed by atoms with E-state index >= 15 is 0 Å². The Bertz CT molecular complexity index is 263. The van der Waals surface area contributed by atoms with Crippen LogP contribution in [0.4, 0.5) is 0 Å². The number of rotatable bonds is 4. The van der Waals surface area contributed by atoms with E-state index in [1.807, 2.05) is 18.2 Å². The van der Waals surface area contributed by atoms with Gasteiger partial charge in [-0.3, -0.25) is 4.99 Å². The van der Waals surface area contributed by atoms with Crippen LogP contribution in [0.5, 0.6) is 0 Å². The number of hydrogen-bond donors (Lipinski definition) is 2. The van der Waals surface area contributed by atoms with Crippen LogP contribution in [-0.2, 0) is 6.42 Å². The van der Waals surface area contributed by atoms with Gasteiger partial charge in [0, 0.05) is 6.54 Å². The van der Waals surface area contributed by atoms with Gasteiger partial charge in [0.15, 0.2) is 5.96 Å². The highest BCUT2D eigenvalue weighted by atomic mass is 15.0. The van der Waals surface area contributed by atoms with Crippen LogP contribution in [-0.4, -0.2) is 12.5 Å². The molecule has 0 unspecified atom stereocenters. The first-order chi connectivity index (χ1) is 6.29. The smallest absolute Gasteiger partial charge is 0.185 e. The summed E-state index contributed by atoms with van der Waals surface area (Å²) in [5, 5.41) is 0. The standard InChI is InChI=1S/C10H15N3/c11-10(12)13-8-4-7-9-5-2-1-3-6-9/h1-3,5-6H,4,7-8H2,(H4,11,12,13). The van der Waals surface area contributed by atoms with Gasteiger partial charge in [0.05, 0.1) is 0 Å². The second kappa shape index (κ2) is 5.19. The Morgan fingerprint density at radius 3 is 2.46 bits per heavy atom. The molecule has 0 aromatic heterocycles. The molecule has 0 saturated heterocycles. The van der Waals surface area contributed by atoms with Gasteiger partial charge in [-0.2, -0.15) is 0 Å². The molecule has 0 amide bonds. The van der Waals surface area contributed by atoms with Crippen LogP contribution in [0.15, 0.2) is 35.3 Å². The van der Waals surface area contributed by atoms with Gasteiger partial charge in [-0.15, -0.1) is 0 Å². The van der Waals surface area contributed by atoms with Crippen LogP contribution in [0.1, 0.15) is 12.0 Å². The van der Waals surface area contributed by atoms with Crippen LogP contribution in [0.25, 0.3) is 0 Å². The largest absolute Gasteiger partial charge is 0.370 e. The van der Waals surface area contributed by atoms with E-state index in [-0.39, 0.29) is 5.96 Å². The maximum absolute atomic E-state index is 5.20. The summed E-state index contributed by atoms with van der Waals surface area (Å²) >= 11 is 0. The maximum Gasteiger partial charge on any atom is 0.185 e. The third-order valence-corrected chi connectivity index (χ3v) is 1.76. The van der Waals surface area contributed by atoms with Gasteiger partial charge in [-0.05, 0) is 18.4 Å². The molecule has 3 heteroatoms. The van der Waals surface area contributed by atoms with E-state index in [0.717, 1.165) is 12.8 Å². The lowest BCUT2D eigenvalue weighted by molar-refractivity contribution is 0.831. The van der Waals surface area contributed by atoms with Gasteiger partial charge in [-0.25, -0.2) is 0 Å². The lowest BCUT2D eigenvalue weighted by atomic mass is 10.1. The molecule has 0 atom stereocenters. The van der Waals surface area contributed by atoms with E-state index in [9.17, 15) is 0 Å². The van der Waals surface area contributed by atoms with Crippen LogP contribution in [0.2, 0.25) is 0 Å². The summed E-state index contributed by atoms with van der Waals surface area (Å²) in [4.78, 5) is 3.91. The fourth-order valence-electron chi connectivity index (χ4n) is 1.14. The van der Waals surface area contributed by atoms with Crippen molar-refractivity contribution in [3.63, 3.8) is 0 Å². The monoisotopic (exact) mass is 177 g/mol. The minimum Gasteiger partial charge on any atom is -0.370 e. The summed E-state index contributed by atoms with van der Waals surface area (Å²) in [6, 6.07) is 10.3. The summed E-state index contributed by atoms with van der Waals surface area (Å²) in [7, 11) is 0. The summed E-state index contributed by atoms with van der Waals surface area (Å²) in [5.41, 5.74) is 11.7. The fraction of sp³-hybridized carbons (Fsp3) is 0.300. The van der Waals surface area contributed by atoms with Crippen molar-refractivity contribution in [1.29, 1.82) is 0 Å². The Kier molecular flexibility index (Phi) is 3.82. The van der Waals surface area contributed by atoms with Crippen LogP contribution in [0, 0.1) is 0 Å². The second-order valence-electron chi connectivity index (χ2n) is 2.90. The molecule has 4 N–H and O–H groups in total. The second-order valence-corrected chi connectivity index (χ2v) is 2.90. The normalized spacial score (nSPS) is 9.54. The molecule has 0 aliphatic heterocycles. The van der Waals surface area contributed by atoms with E-state index in [2.05, 4.69) is 17.1 Å². The number of aliphatic imine (C=N–C) groups is 1. The van der Waals surface area contributed by atoms with Crippen molar-refractivity contribution in [3.8, 4) is 0 Å². The van der Waals surface area contributed by atoms with E-state index in [1.165, 1.54) is 5.56 Å². The minimum absolute atomic E-state index is 0.174. The molecule has 70 valence electrons. The molecule has 0 aliphatic carbocycles. The van der Waals surface area contributed by atoms with Crippen molar-refractivity contribution in [1.82, 2.24) is 0 Å². The highest BCUT2D eigenvalue weighted by Crippen LogP contribution is 2.01. The van der Waals surface area contributed by atoms with Gasteiger partial charge in [0.1, 0.15) is 0 Å². The molecule has 0 spiro atoms. The van der Waals surface area contributed by atoms with Crippen molar-refractivity contribution in [2.75, 3.05) is 6.54 Å². The van der Waals surface area contributed by atoms with Crippen molar-refractivity contribution in [2.45, 2.75) is 12.8 Å². The average Bonchev–Trinajstić information content (AvgIpc) is 2.14. The molecule has 0 fully saturated rings. The van der Waals surface area contributed by atoms with Crippen LogP contribution in [0.3, 0.4) is 0 Å². The molecule has 0 saturated carbocycles. The topological polar surface area (TPSA) is 64.4 Å². The fourth-order valence-corrected chi connectivity index (χ4v) is 1.14. The van der Waals surface area contributed by atoms with E-state index in [4.69, 9.17) is 11.5 Å². The summed E-state index contributed by atoms with van der Waals surface area (Å²) < 4.78 is 0.